The third kappa shape index (κ3) is 2.57. The van der Waals surface area contributed by atoms with E-state index in [4.69, 9.17) is 10.8 Å². The summed E-state index contributed by atoms with van der Waals surface area (Å²) in [7, 11) is 0. The Labute approximate surface area is 150 Å². The third-order valence-corrected chi connectivity index (χ3v) is 4.68. The Morgan fingerprint density at radius 3 is 2.69 bits per heavy atom. The van der Waals surface area contributed by atoms with Crippen molar-refractivity contribution in [2.75, 3.05) is 5.73 Å². The molecule has 1 saturated carbocycles. The monoisotopic (exact) mass is 343 g/mol. The Morgan fingerprint density at radius 1 is 1.04 bits per heavy atom. The first kappa shape index (κ1) is 14.9. The minimum atomic E-state index is 0.438. The van der Waals surface area contributed by atoms with Gasteiger partial charge in [0.05, 0.1) is 17.1 Å². The lowest BCUT2D eigenvalue weighted by Crippen LogP contribution is -1.99. The van der Waals surface area contributed by atoms with Gasteiger partial charge in [0.1, 0.15) is 18.5 Å². The molecule has 3 heterocycles. The predicted octanol–water partition coefficient (Wildman–Crippen LogP) is 2.79. The molecule has 4 aromatic rings. The summed E-state index contributed by atoms with van der Waals surface area (Å²) < 4.78 is 2.01. The van der Waals surface area contributed by atoms with E-state index < -0.39 is 0 Å². The van der Waals surface area contributed by atoms with Crippen molar-refractivity contribution in [3.8, 4) is 11.1 Å². The van der Waals surface area contributed by atoms with Crippen molar-refractivity contribution in [3.05, 3.63) is 60.6 Å². The summed E-state index contributed by atoms with van der Waals surface area (Å²) in [5, 5.41) is 5.69. The number of nitrogen functional groups attached to an aromatic ring is 1. The number of rotatable bonds is 4. The molecular formula is C19H17N7. The second kappa shape index (κ2) is 5.87. The molecule has 0 aliphatic heterocycles. The lowest BCUT2D eigenvalue weighted by molar-refractivity contribution is 0.648. The zero-order chi connectivity index (χ0) is 17.5. The van der Waals surface area contributed by atoms with Crippen molar-refractivity contribution < 1.29 is 0 Å². The Morgan fingerprint density at radius 2 is 1.88 bits per heavy atom. The van der Waals surface area contributed by atoms with Gasteiger partial charge in [0.2, 0.25) is 0 Å². The minimum absolute atomic E-state index is 0.438. The van der Waals surface area contributed by atoms with Crippen molar-refractivity contribution in [2.24, 2.45) is 0 Å². The Hall–Kier alpha value is -3.35. The molecule has 0 bridgehead atoms. The fraction of sp³-hybridized carbons (Fsp3) is 0.211. The quantitative estimate of drug-likeness (QED) is 0.612. The van der Waals surface area contributed by atoms with E-state index in [1.54, 1.807) is 0 Å². The summed E-state index contributed by atoms with van der Waals surface area (Å²) in [6.07, 6.45) is 9.64. The van der Waals surface area contributed by atoms with E-state index in [9.17, 15) is 0 Å². The van der Waals surface area contributed by atoms with Gasteiger partial charge in [0, 0.05) is 24.4 Å². The molecule has 1 aromatic carbocycles. The van der Waals surface area contributed by atoms with Gasteiger partial charge >= 0.3 is 0 Å². The third-order valence-electron chi connectivity index (χ3n) is 4.68. The van der Waals surface area contributed by atoms with Crippen LogP contribution < -0.4 is 5.73 Å². The molecule has 3 aromatic heterocycles. The Balaban J connectivity index is 1.56. The van der Waals surface area contributed by atoms with Crippen LogP contribution in [0.3, 0.4) is 0 Å². The maximum atomic E-state index is 6.14. The van der Waals surface area contributed by atoms with Crippen LogP contribution in [0, 0.1) is 0 Å². The van der Waals surface area contributed by atoms with E-state index in [0.717, 1.165) is 46.3 Å². The zero-order valence-electron chi connectivity index (χ0n) is 14.1. The van der Waals surface area contributed by atoms with Crippen LogP contribution in [0.2, 0.25) is 0 Å². The molecule has 7 nitrogen and oxygen atoms in total. The highest BCUT2D eigenvalue weighted by Gasteiger charge is 2.28. The SMILES string of the molecule is Nc1ncnc2c1c(Cc1cccc(-c3cncnc3)c1)nn2C1CC1. The highest BCUT2D eigenvalue weighted by molar-refractivity contribution is 5.88. The maximum absolute atomic E-state index is 6.14. The van der Waals surface area contributed by atoms with E-state index in [1.165, 1.54) is 12.7 Å². The standard InChI is InChI=1S/C19H17N7/c20-18-17-16(25-26(15-4-5-15)19(17)24-11-23-18)7-12-2-1-3-13(6-12)14-8-21-10-22-9-14/h1-3,6,8-11,15H,4-5,7H2,(H2,20,23,24). The number of anilines is 1. The number of aromatic nitrogens is 6. The van der Waals surface area contributed by atoms with Gasteiger partial charge in [-0.2, -0.15) is 5.10 Å². The number of fused-ring (bicyclic) bond motifs is 1. The second-order valence-corrected chi connectivity index (χ2v) is 6.58. The normalized spacial score (nSPS) is 14.0. The second-order valence-electron chi connectivity index (χ2n) is 6.58. The predicted molar refractivity (Wildman–Crippen MR) is 98.3 cm³/mol. The molecule has 1 aliphatic rings. The van der Waals surface area contributed by atoms with E-state index >= 15 is 0 Å². The van der Waals surface area contributed by atoms with Crippen LogP contribution in [-0.4, -0.2) is 29.7 Å². The average Bonchev–Trinajstić information content (AvgIpc) is 3.46. The first-order valence-electron chi connectivity index (χ1n) is 8.61. The summed E-state index contributed by atoms with van der Waals surface area (Å²) in [5.41, 5.74) is 11.1. The van der Waals surface area contributed by atoms with Gasteiger partial charge < -0.3 is 5.73 Å². The van der Waals surface area contributed by atoms with Crippen LogP contribution >= 0.6 is 0 Å². The zero-order valence-corrected chi connectivity index (χ0v) is 14.1. The molecule has 0 spiro atoms. The van der Waals surface area contributed by atoms with Crippen molar-refractivity contribution in [1.29, 1.82) is 0 Å². The highest BCUT2D eigenvalue weighted by Crippen LogP contribution is 2.38. The number of nitrogens with zero attached hydrogens (tertiary/aromatic N) is 6. The van der Waals surface area contributed by atoms with Crippen LogP contribution in [0.5, 0.6) is 0 Å². The van der Waals surface area contributed by atoms with Gasteiger partial charge in [0.25, 0.3) is 0 Å². The minimum Gasteiger partial charge on any atom is -0.383 e. The first-order chi connectivity index (χ1) is 12.8. The van der Waals surface area contributed by atoms with Crippen molar-refractivity contribution in [2.45, 2.75) is 25.3 Å². The molecule has 2 N–H and O–H groups in total. The highest BCUT2D eigenvalue weighted by atomic mass is 15.3. The van der Waals surface area contributed by atoms with Crippen molar-refractivity contribution in [3.63, 3.8) is 0 Å². The smallest absolute Gasteiger partial charge is 0.163 e. The van der Waals surface area contributed by atoms with Gasteiger partial charge in [-0.05, 0) is 24.0 Å². The van der Waals surface area contributed by atoms with Gasteiger partial charge in [-0.25, -0.2) is 24.6 Å². The van der Waals surface area contributed by atoms with Gasteiger partial charge in [-0.15, -0.1) is 0 Å². The van der Waals surface area contributed by atoms with E-state index in [2.05, 4.69) is 38.1 Å². The largest absolute Gasteiger partial charge is 0.383 e. The summed E-state index contributed by atoms with van der Waals surface area (Å²) in [6, 6.07) is 8.77. The van der Waals surface area contributed by atoms with Gasteiger partial charge in [0.15, 0.2) is 5.65 Å². The molecule has 0 atom stereocenters. The van der Waals surface area contributed by atoms with Crippen LogP contribution in [0.4, 0.5) is 5.82 Å². The molecule has 5 rings (SSSR count). The number of nitrogens with two attached hydrogens (primary N) is 1. The molecule has 1 aliphatic carbocycles. The van der Waals surface area contributed by atoms with Crippen molar-refractivity contribution >= 4 is 16.9 Å². The molecule has 0 amide bonds. The van der Waals surface area contributed by atoms with Crippen LogP contribution in [0.25, 0.3) is 22.2 Å². The lowest BCUT2D eigenvalue weighted by Gasteiger charge is -2.04. The lowest BCUT2D eigenvalue weighted by atomic mass is 10.0. The van der Waals surface area contributed by atoms with Gasteiger partial charge in [-0.3, -0.25) is 0 Å². The van der Waals surface area contributed by atoms with E-state index in [0.29, 0.717) is 18.3 Å². The fourth-order valence-electron chi connectivity index (χ4n) is 3.27. The summed E-state index contributed by atoms with van der Waals surface area (Å²) >= 11 is 0. The summed E-state index contributed by atoms with van der Waals surface area (Å²) in [5.74, 6) is 0.490. The van der Waals surface area contributed by atoms with E-state index in [-0.39, 0.29) is 0 Å². The maximum Gasteiger partial charge on any atom is 0.163 e. The molecule has 0 saturated heterocycles. The van der Waals surface area contributed by atoms with E-state index in [1.807, 2.05) is 23.1 Å². The molecule has 26 heavy (non-hydrogen) atoms. The number of hydrogen-bond acceptors (Lipinski definition) is 6. The van der Waals surface area contributed by atoms with Crippen LogP contribution in [-0.2, 0) is 6.42 Å². The molecule has 0 unspecified atom stereocenters. The Bertz CT molecular complexity index is 1080. The topological polar surface area (TPSA) is 95.4 Å². The number of benzene rings is 1. The molecular weight excluding hydrogens is 326 g/mol. The summed E-state index contributed by atoms with van der Waals surface area (Å²) in [6.45, 7) is 0. The van der Waals surface area contributed by atoms with Crippen LogP contribution in [0.15, 0.2) is 49.3 Å². The summed E-state index contributed by atoms with van der Waals surface area (Å²) in [4.78, 5) is 16.8. The first-order valence-corrected chi connectivity index (χ1v) is 8.61. The van der Waals surface area contributed by atoms with Crippen molar-refractivity contribution in [1.82, 2.24) is 29.7 Å². The molecule has 128 valence electrons. The average molecular weight is 343 g/mol. The fourth-order valence-corrected chi connectivity index (χ4v) is 3.27. The molecule has 0 radical (unpaired) electrons. The van der Waals surface area contributed by atoms with Gasteiger partial charge in [-0.1, -0.05) is 24.3 Å². The number of hydrogen-bond donors (Lipinski definition) is 1. The molecule has 7 heteroatoms. The Kier molecular flexibility index (Phi) is 3.38. The molecule has 1 fully saturated rings. The van der Waals surface area contributed by atoms with Crippen LogP contribution in [0.1, 0.15) is 30.1 Å².